The SMILES string of the molecule is C=CCN(CC=C)CCC(=O)N(C)C. The molecule has 0 aromatic carbocycles. The average Bonchev–Trinajstić information content (AvgIpc) is 2.14. The average molecular weight is 196 g/mol. The summed E-state index contributed by atoms with van der Waals surface area (Å²) in [5.41, 5.74) is 0. The highest BCUT2D eigenvalue weighted by molar-refractivity contribution is 5.75. The molecule has 0 aromatic rings. The lowest BCUT2D eigenvalue weighted by Crippen LogP contribution is -2.30. The predicted octanol–water partition coefficient (Wildman–Crippen LogP) is 1.14. The van der Waals surface area contributed by atoms with Gasteiger partial charge in [-0.15, -0.1) is 13.2 Å². The molecule has 0 aliphatic rings. The molecule has 3 nitrogen and oxygen atoms in total. The summed E-state index contributed by atoms with van der Waals surface area (Å²) in [5, 5.41) is 0. The lowest BCUT2D eigenvalue weighted by atomic mass is 10.3. The van der Waals surface area contributed by atoms with Crippen molar-refractivity contribution in [3.05, 3.63) is 25.3 Å². The summed E-state index contributed by atoms with van der Waals surface area (Å²) >= 11 is 0. The second-order valence-electron chi connectivity index (χ2n) is 3.38. The van der Waals surface area contributed by atoms with Gasteiger partial charge in [0.1, 0.15) is 0 Å². The molecule has 0 radical (unpaired) electrons. The maximum absolute atomic E-state index is 11.3. The van der Waals surface area contributed by atoms with Crippen LogP contribution in [0.25, 0.3) is 0 Å². The summed E-state index contributed by atoms with van der Waals surface area (Å²) in [6, 6.07) is 0. The molecule has 0 aliphatic heterocycles. The molecule has 0 heterocycles. The van der Waals surface area contributed by atoms with Gasteiger partial charge in [-0.25, -0.2) is 0 Å². The number of hydrogen-bond donors (Lipinski definition) is 0. The minimum Gasteiger partial charge on any atom is -0.349 e. The molecule has 0 atom stereocenters. The highest BCUT2D eigenvalue weighted by Gasteiger charge is 2.06. The maximum Gasteiger partial charge on any atom is 0.223 e. The quantitative estimate of drug-likeness (QED) is 0.570. The van der Waals surface area contributed by atoms with Gasteiger partial charge in [-0.05, 0) is 0 Å². The van der Waals surface area contributed by atoms with Gasteiger partial charge in [-0.3, -0.25) is 9.69 Å². The Labute approximate surface area is 86.7 Å². The van der Waals surface area contributed by atoms with E-state index in [9.17, 15) is 4.79 Å². The summed E-state index contributed by atoms with van der Waals surface area (Å²) < 4.78 is 0. The Morgan fingerprint density at radius 3 is 2.07 bits per heavy atom. The highest BCUT2D eigenvalue weighted by atomic mass is 16.2. The highest BCUT2D eigenvalue weighted by Crippen LogP contribution is 1.94. The summed E-state index contributed by atoms with van der Waals surface area (Å²) in [7, 11) is 3.54. The number of rotatable bonds is 7. The smallest absolute Gasteiger partial charge is 0.223 e. The van der Waals surface area contributed by atoms with Gasteiger partial charge in [-0.2, -0.15) is 0 Å². The molecule has 0 saturated carbocycles. The largest absolute Gasteiger partial charge is 0.349 e. The van der Waals surface area contributed by atoms with E-state index >= 15 is 0 Å². The Kier molecular flexibility index (Phi) is 6.76. The van der Waals surface area contributed by atoms with Crippen LogP contribution in [-0.2, 0) is 4.79 Å². The zero-order valence-electron chi connectivity index (χ0n) is 9.20. The molecule has 0 fully saturated rings. The van der Waals surface area contributed by atoms with Crippen LogP contribution in [0.4, 0.5) is 0 Å². The second-order valence-corrected chi connectivity index (χ2v) is 3.38. The standard InChI is InChI=1S/C11H20N2O/c1-5-8-13(9-6-2)10-7-11(14)12(3)4/h5-6H,1-2,7-10H2,3-4H3. The van der Waals surface area contributed by atoms with E-state index in [2.05, 4.69) is 18.1 Å². The van der Waals surface area contributed by atoms with Gasteiger partial charge in [0.25, 0.3) is 0 Å². The first kappa shape index (κ1) is 12.9. The van der Waals surface area contributed by atoms with Gasteiger partial charge >= 0.3 is 0 Å². The van der Waals surface area contributed by atoms with Gasteiger partial charge in [0, 0.05) is 40.2 Å². The lowest BCUT2D eigenvalue weighted by molar-refractivity contribution is -0.128. The van der Waals surface area contributed by atoms with Crippen molar-refractivity contribution in [2.45, 2.75) is 6.42 Å². The zero-order chi connectivity index (χ0) is 11.0. The molecule has 0 N–H and O–H groups in total. The van der Waals surface area contributed by atoms with Crippen LogP contribution in [0, 0.1) is 0 Å². The van der Waals surface area contributed by atoms with Crippen LogP contribution in [0.1, 0.15) is 6.42 Å². The molecule has 0 bridgehead atoms. The van der Waals surface area contributed by atoms with Crippen molar-refractivity contribution in [1.82, 2.24) is 9.80 Å². The van der Waals surface area contributed by atoms with Crippen LogP contribution in [0.2, 0.25) is 0 Å². The number of amides is 1. The summed E-state index contributed by atoms with van der Waals surface area (Å²) in [6.07, 6.45) is 4.22. The molecule has 0 saturated heterocycles. The van der Waals surface area contributed by atoms with Crippen LogP contribution in [-0.4, -0.2) is 49.4 Å². The Morgan fingerprint density at radius 1 is 1.21 bits per heavy atom. The molecule has 1 amide bonds. The number of hydrogen-bond acceptors (Lipinski definition) is 2. The first-order valence-electron chi connectivity index (χ1n) is 4.76. The van der Waals surface area contributed by atoms with E-state index in [1.165, 1.54) is 0 Å². The molecular formula is C11H20N2O. The number of carbonyl (C=O) groups is 1. The van der Waals surface area contributed by atoms with E-state index in [0.717, 1.165) is 19.6 Å². The normalized spacial score (nSPS) is 9.93. The minimum absolute atomic E-state index is 0.156. The van der Waals surface area contributed by atoms with E-state index in [1.807, 2.05) is 12.2 Å². The predicted molar refractivity (Wildman–Crippen MR) is 60.1 cm³/mol. The molecule has 0 aromatic heterocycles. The number of nitrogens with zero attached hydrogens (tertiary/aromatic N) is 2. The fourth-order valence-electron chi connectivity index (χ4n) is 1.10. The van der Waals surface area contributed by atoms with Gasteiger partial charge < -0.3 is 4.90 Å². The Hall–Kier alpha value is -1.09. The number of carbonyl (C=O) groups excluding carboxylic acids is 1. The first-order valence-corrected chi connectivity index (χ1v) is 4.76. The van der Waals surface area contributed by atoms with Crippen molar-refractivity contribution < 1.29 is 4.79 Å². The van der Waals surface area contributed by atoms with Gasteiger partial charge in [-0.1, -0.05) is 12.2 Å². The lowest BCUT2D eigenvalue weighted by Gasteiger charge is -2.19. The molecule has 0 aliphatic carbocycles. The molecule has 0 rings (SSSR count). The van der Waals surface area contributed by atoms with E-state index in [-0.39, 0.29) is 5.91 Å². The topological polar surface area (TPSA) is 23.6 Å². The molecule has 0 unspecified atom stereocenters. The van der Waals surface area contributed by atoms with Crippen molar-refractivity contribution in [3.63, 3.8) is 0 Å². The third kappa shape index (κ3) is 5.54. The zero-order valence-corrected chi connectivity index (χ0v) is 9.20. The van der Waals surface area contributed by atoms with Gasteiger partial charge in [0.15, 0.2) is 0 Å². The summed E-state index contributed by atoms with van der Waals surface area (Å²) in [6.45, 7) is 9.70. The van der Waals surface area contributed by atoms with Crippen LogP contribution < -0.4 is 0 Å². The molecule has 3 heteroatoms. The summed E-state index contributed by atoms with van der Waals surface area (Å²) in [5.74, 6) is 0.156. The Bertz CT molecular complexity index is 189. The third-order valence-corrected chi connectivity index (χ3v) is 1.92. The maximum atomic E-state index is 11.3. The fraction of sp³-hybridized carbons (Fsp3) is 0.545. The van der Waals surface area contributed by atoms with Crippen molar-refractivity contribution >= 4 is 5.91 Å². The molecule has 80 valence electrons. The van der Waals surface area contributed by atoms with Gasteiger partial charge in [0.2, 0.25) is 5.91 Å². The van der Waals surface area contributed by atoms with Crippen LogP contribution >= 0.6 is 0 Å². The van der Waals surface area contributed by atoms with E-state index in [1.54, 1.807) is 19.0 Å². The Balaban J connectivity index is 3.85. The van der Waals surface area contributed by atoms with Crippen LogP contribution in [0.5, 0.6) is 0 Å². The first-order chi connectivity index (χ1) is 6.61. The van der Waals surface area contributed by atoms with E-state index < -0.39 is 0 Å². The van der Waals surface area contributed by atoms with Crippen LogP contribution in [0.15, 0.2) is 25.3 Å². The monoisotopic (exact) mass is 196 g/mol. The molecular weight excluding hydrogens is 176 g/mol. The van der Waals surface area contributed by atoms with Crippen molar-refractivity contribution in [2.24, 2.45) is 0 Å². The van der Waals surface area contributed by atoms with Crippen LogP contribution in [0.3, 0.4) is 0 Å². The molecule has 0 spiro atoms. The summed E-state index contributed by atoms with van der Waals surface area (Å²) in [4.78, 5) is 15.0. The third-order valence-electron chi connectivity index (χ3n) is 1.92. The van der Waals surface area contributed by atoms with Crippen molar-refractivity contribution in [2.75, 3.05) is 33.7 Å². The van der Waals surface area contributed by atoms with Crippen molar-refractivity contribution in [3.8, 4) is 0 Å². The van der Waals surface area contributed by atoms with E-state index in [0.29, 0.717) is 6.42 Å². The van der Waals surface area contributed by atoms with E-state index in [4.69, 9.17) is 0 Å². The van der Waals surface area contributed by atoms with Crippen molar-refractivity contribution in [1.29, 1.82) is 0 Å². The Morgan fingerprint density at radius 2 is 1.71 bits per heavy atom. The second kappa shape index (κ2) is 7.33. The minimum atomic E-state index is 0.156. The molecule has 14 heavy (non-hydrogen) atoms. The van der Waals surface area contributed by atoms with Gasteiger partial charge in [0.05, 0.1) is 0 Å². The fourth-order valence-corrected chi connectivity index (χ4v) is 1.10.